The number of quaternary nitrogens is 2. The van der Waals surface area contributed by atoms with Crippen molar-refractivity contribution in [1.29, 1.82) is 0 Å². The standard InChI is InChI=1S/C21H32ClN3O2/c1-17-4-2-3-5-20(17)23-21(26)16-25-12-10-24(11-13-25)14-15-27-19-8-6-18(22)7-9-19/h6-9,17,20H,2-5,10-16H2,1H3,(H,23,26)/p+2/t17-,20-/m1/s1. The molecule has 5 nitrogen and oxygen atoms in total. The summed E-state index contributed by atoms with van der Waals surface area (Å²) in [6, 6.07) is 7.91. The maximum absolute atomic E-state index is 12.4. The Kier molecular flexibility index (Phi) is 7.80. The van der Waals surface area contributed by atoms with E-state index in [1.165, 1.54) is 24.2 Å². The van der Waals surface area contributed by atoms with E-state index in [2.05, 4.69) is 12.2 Å². The Labute approximate surface area is 168 Å². The molecule has 0 spiro atoms. The van der Waals surface area contributed by atoms with Crippen LogP contribution in [0.15, 0.2) is 24.3 Å². The normalized spacial score (nSPS) is 28.5. The Morgan fingerprint density at radius 2 is 1.78 bits per heavy atom. The quantitative estimate of drug-likeness (QED) is 0.617. The van der Waals surface area contributed by atoms with Crippen LogP contribution in [0.1, 0.15) is 32.6 Å². The summed E-state index contributed by atoms with van der Waals surface area (Å²) in [4.78, 5) is 15.4. The van der Waals surface area contributed by atoms with Gasteiger partial charge in [-0.05, 0) is 43.0 Å². The highest BCUT2D eigenvalue weighted by Crippen LogP contribution is 2.23. The van der Waals surface area contributed by atoms with Crippen molar-refractivity contribution < 1.29 is 19.3 Å². The number of amides is 1. The third kappa shape index (κ3) is 6.66. The number of halogens is 1. The fourth-order valence-corrected chi connectivity index (χ4v) is 4.37. The van der Waals surface area contributed by atoms with Gasteiger partial charge in [-0.3, -0.25) is 4.79 Å². The zero-order chi connectivity index (χ0) is 19.1. The van der Waals surface area contributed by atoms with Crippen molar-refractivity contribution in [3.63, 3.8) is 0 Å². The van der Waals surface area contributed by atoms with E-state index in [9.17, 15) is 4.79 Å². The van der Waals surface area contributed by atoms with Gasteiger partial charge in [-0.1, -0.05) is 31.4 Å². The summed E-state index contributed by atoms with van der Waals surface area (Å²) in [5.74, 6) is 1.73. The van der Waals surface area contributed by atoms with Crippen LogP contribution in [0, 0.1) is 5.92 Å². The third-order valence-corrected chi connectivity index (χ3v) is 6.32. The van der Waals surface area contributed by atoms with Crippen molar-refractivity contribution in [2.24, 2.45) is 5.92 Å². The zero-order valence-corrected chi connectivity index (χ0v) is 17.2. The highest BCUT2D eigenvalue weighted by Gasteiger charge is 2.27. The molecule has 3 N–H and O–H groups in total. The van der Waals surface area contributed by atoms with E-state index in [4.69, 9.17) is 16.3 Å². The Hall–Kier alpha value is -1.30. The zero-order valence-electron chi connectivity index (χ0n) is 16.4. The van der Waals surface area contributed by atoms with Gasteiger partial charge in [0.05, 0.1) is 0 Å². The lowest BCUT2D eigenvalue weighted by molar-refractivity contribution is -1.01. The molecule has 150 valence electrons. The lowest BCUT2D eigenvalue weighted by Gasteiger charge is -2.32. The lowest BCUT2D eigenvalue weighted by atomic mass is 9.86. The first-order valence-electron chi connectivity index (χ1n) is 10.4. The first-order chi connectivity index (χ1) is 13.1. The molecule has 1 aromatic rings. The number of nitrogens with one attached hydrogen (secondary N) is 3. The van der Waals surface area contributed by atoms with Crippen LogP contribution in [0.3, 0.4) is 0 Å². The molecule has 1 amide bonds. The van der Waals surface area contributed by atoms with Crippen LogP contribution >= 0.6 is 11.6 Å². The second-order valence-corrected chi connectivity index (χ2v) is 8.60. The van der Waals surface area contributed by atoms with Crippen molar-refractivity contribution in [1.82, 2.24) is 5.32 Å². The van der Waals surface area contributed by atoms with Gasteiger partial charge in [0, 0.05) is 11.1 Å². The number of rotatable bonds is 7. The van der Waals surface area contributed by atoms with E-state index in [1.807, 2.05) is 24.3 Å². The number of carbonyl (C=O) groups is 1. The molecule has 2 aliphatic rings. The van der Waals surface area contributed by atoms with Gasteiger partial charge in [-0.2, -0.15) is 0 Å². The van der Waals surface area contributed by atoms with Crippen molar-refractivity contribution in [2.75, 3.05) is 45.9 Å². The molecule has 0 bridgehead atoms. The Morgan fingerprint density at radius 1 is 1.11 bits per heavy atom. The van der Waals surface area contributed by atoms with E-state index in [0.717, 1.165) is 49.9 Å². The molecule has 1 aliphatic heterocycles. The SMILES string of the molecule is C[C@@H]1CCCC[C@H]1NC(=O)C[NH+]1CC[NH+](CCOc2ccc(Cl)cc2)CC1. The van der Waals surface area contributed by atoms with E-state index in [-0.39, 0.29) is 5.91 Å². The molecule has 1 aromatic carbocycles. The number of benzene rings is 1. The summed E-state index contributed by atoms with van der Waals surface area (Å²) in [5, 5.41) is 4.02. The van der Waals surface area contributed by atoms with Crippen LogP contribution in [0.2, 0.25) is 5.02 Å². The van der Waals surface area contributed by atoms with Crippen molar-refractivity contribution in [3.05, 3.63) is 29.3 Å². The molecule has 2 atom stereocenters. The fourth-order valence-electron chi connectivity index (χ4n) is 4.24. The van der Waals surface area contributed by atoms with Crippen LogP contribution in [0.5, 0.6) is 5.75 Å². The molecular weight excluding hydrogens is 362 g/mol. The summed E-state index contributed by atoms with van der Waals surface area (Å²) < 4.78 is 5.80. The molecule has 0 unspecified atom stereocenters. The second kappa shape index (κ2) is 10.3. The number of ether oxygens (including phenoxy) is 1. The average Bonchev–Trinajstić information content (AvgIpc) is 2.67. The minimum Gasteiger partial charge on any atom is -0.488 e. The van der Waals surface area contributed by atoms with Crippen LogP contribution in [0.25, 0.3) is 0 Å². The highest BCUT2D eigenvalue weighted by molar-refractivity contribution is 6.30. The van der Waals surface area contributed by atoms with E-state index in [0.29, 0.717) is 25.1 Å². The summed E-state index contributed by atoms with van der Waals surface area (Å²) in [6.45, 7) is 8.93. The average molecular weight is 396 g/mol. The van der Waals surface area contributed by atoms with Crippen molar-refractivity contribution >= 4 is 17.5 Å². The third-order valence-electron chi connectivity index (χ3n) is 6.07. The minimum atomic E-state index is 0.235. The number of carbonyl (C=O) groups excluding carboxylic acids is 1. The molecule has 2 fully saturated rings. The van der Waals surface area contributed by atoms with Crippen LogP contribution in [0.4, 0.5) is 0 Å². The number of hydrogen-bond donors (Lipinski definition) is 3. The predicted octanol–water partition coefficient (Wildman–Crippen LogP) is 0.197. The van der Waals surface area contributed by atoms with Gasteiger partial charge in [-0.25, -0.2) is 0 Å². The minimum absolute atomic E-state index is 0.235. The predicted molar refractivity (Wildman–Crippen MR) is 108 cm³/mol. The molecule has 1 heterocycles. The van der Waals surface area contributed by atoms with Gasteiger partial charge in [0.2, 0.25) is 0 Å². The molecule has 3 rings (SSSR count). The summed E-state index contributed by atoms with van der Waals surface area (Å²) in [7, 11) is 0. The number of piperazine rings is 1. The first-order valence-corrected chi connectivity index (χ1v) is 10.8. The van der Waals surface area contributed by atoms with Gasteiger partial charge in [0.15, 0.2) is 6.54 Å². The van der Waals surface area contributed by atoms with Crippen LogP contribution in [-0.2, 0) is 4.79 Å². The molecule has 6 heteroatoms. The largest absolute Gasteiger partial charge is 0.488 e. The van der Waals surface area contributed by atoms with Gasteiger partial charge in [0.1, 0.15) is 45.1 Å². The van der Waals surface area contributed by atoms with Crippen LogP contribution in [-0.4, -0.2) is 57.8 Å². The Morgan fingerprint density at radius 3 is 2.48 bits per heavy atom. The Balaban J connectivity index is 1.30. The van der Waals surface area contributed by atoms with E-state index in [1.54, 1.807) is 4.90 Å². The second-order valence-electron chi connectivity index (χ2n) is 8.16. The first kappa shape index (κ1) is 20.4. The van der Waals surface area contributed by atoms with Gasteiger partial charge in [-0.15, -0.1) is 0 Å². The molecule has 27 heavy (non-hydrogen) atoms. The van der Waals surface area contributed by atoms with Crippen LogP contribution < -0.4 is 19.9 Å². The van der Waals surface area contributed by atoms with E-state index < -0.39 is 0 Å². The summed E-state index contributed by atoms with van der Waals surface area (Å²) >= 11 is 5.89. The summed E-state index contributed by atoms with van der Waals surface area (Å²) in [6.07, 6.45) is 4.96. The monoisotopic (exact) mass is 395 g/mol. The van der Waals surface area contributed by atoms with E-state index >= 15 is 0 Å². The molecule has 0 radical (unpaired) electrons. The molecule has 0 aromatic heterocycles. The van der Waals surface area contributed by atoms with Gasteiger partial charge < -0.3 is 19.9 Å². The van der Waals surface area contributed by atoms with Crippen molar-refractivity contribution in [3.8, 4) is 5.75 Å². The smallest absolute Gasteiger partial charge is 0.275 e. The maximum Gasteiger partial charge on any atom is 0.275 e. The Bertz CT molecular complexity index is 588. The molecule has 1 saturated heterocycles. The molecular formula is C21H34ClN3O2+2. The lowest BCUT2D eigenvalue weighted by Crippen LogP contribution is -3.28. The molecule has 1 aliphatic carbocycles. The number of hydrogen-bond acceptors (Lipinski definition) is 2. The fraction of sp³-hybridized carbons (Fsp3) is 0.667. The van der Waals surface area contributed by atoms with Gasteiger partial charge >= 0.3 is 0 Å². The summed E-state index contributed by atoms with van der Waals surface area (Å²) in [5.41, 5.74) is 0. The van der Waals surface area contributed by atoms with Crippen molar-refractivity contribution in [2.45, 2.75) is 38.6 Å². The topological polar surface area (TPSA) is 47.2 Å². The highest BCUT2D eigenvalue weighted by atomic mass is 35.5. The van der Waals surface area contributed by atoms with Gasteiger partial charge in [0.25, 0.3) is 5.91 Å². The maximum atomic E-state index is 12.4. The molecule has 1 saturated carbocycles.